The Kier molecular flexibility index (Phi) is 3.44. The first-order chi connectivity index (χ1) is 8.08. The molecule has 0 saturated carbocycles. The van der Waals surface area contributed by atoms with Crippen molar-refractivity contribution >= 4 is 39.4 Å². The van der Waals surface area contributed by atoms with Crippen molar-refractivity contribution in [2.24, 2.45) is 0 Å². The zero-order valence-electron chi connectivity index (χ0n) is 8.79. The summed E-state index contributed by atoms with van der Waals surface area (Å²) in [5.41, 5.74) is 0.364. The molecule has 1 aromatic heterocycles. The van der Waals surface area contributed by atoms with E-state index in [1.807, 2.05) is 0 Å². The number of hydrogen-bond acceptors (Lipinski definition) is 3. The normalized spacial score (nSPS) is 10.3. The summed E-state index contributed by atoms with van der Waals surface area (Å²) in [6.07, 6.45) is 0. The summed E-state index contributed by atoms with van der Waals surface area (Å²) in [4.78, 5) is 15.9. The summed E-state index contributed by atoms with van der Waals surface area (Å²) in [6.45, 7) is 1.74. The molecule has 2 N–H and O–H groups in total. The lowest BCUT2D eigenvalue weighted by atomic mass is 10.2. The molecule has 0 fully saturated rings. The Bertz CT molecular complexity index is 569. The molecule has 0 aliphatic rings. The third kappa shape index (κ3) is 2.65. The van der Waals surface area contributed by atoms with Gasteiger partial charge in [0.2, 0.25) is 5.95 Å². The number of aromatic amines is 1. The van der Waals surface area contributed by atoms with E-state index in [9.17, 15) is 4.79 Å². The summed E-state index contributed by atoms with van der Waals surface area (Å²) < 4.78 is 0.665. The van der Waals surface area contributed by atoms with Gasteiger partial charge >= 0.3 is 0 Å². The highest BCUT2D eigenvalue weighted by Gasteiger charge is 2.13. The SMILES string of the molecule is Cc1nc(NC(=O)c2cccc(Br)c2Cl)n[nH]1. The van der Waals surface area contributed by atoms with Crippen molar-refractivity contribution in [3.8, 4) is 0 Å². The Morgan fingerprint density at radius 1 is 1.53 bits per heavy atom. The van der Waals surface area contributed by atoms with Gasteiger partial charge in [0.15, 0.2) is 0 Å². The van der Waals surface area contributed by atoms with E-state index in [1.165, 1.54) is 0 Å². The predicted molar refractivity (Wildman–Crippen MR) is 68.2 cm³/mol. The van der Waals surface area contributed by atoms with E-state index in [1.54, 1.807) is 25.1 Å². The zero-order chi connectivity index (χ0) is 12.4. The highest BCUT2D eigenvalue weighted by atomic mass is 79.9. The van der Waals surface area contributed by atoms with Gasteiger partial charge in [0, 0.05) is 4.47 Å². The monoisotopic (exact) mass is 314 g/mol. The molecule has 1 heterocycles. The Labute approximate surface area is 111 Å². The minimum absolute atomic E-state index is 0.226. The number of carbonyl (C=O) groups excluding carboxylic acids is 1. The van der Waals surface area contributed by atoms with Gasteiger partial charge in [-0.05, 0) is 35.0 Å². The first-order valence-corrected chi connectivity index (χ1v) is 5.89. The third-order valence-electron chi connectivity index (χ3n) is 2.02. The van der Waals surface area contributed by atoms with Crippen molar-refractivity contribution in [2.45, 2.75) is 6.92 Å². The molecule has 0 spiro atoms. The van der Waals surface area contributed by atoms with Crippen molar-refractivity contribution in [2.75, 3.05) is 5.32 Å². The number of nitrogens with zero attached hydrogens (tertiary/aromatic N) is 2. The van der Waals surface area contributed by atoms with Crippen molar-refractivity contribution in [1.82, 2.24) is 15.2 Å². The molecule has 0 bridgehead atoms. The molecule has 0 atom stereocenters. The summed E-state index contributed by atoms with van der Waals surface area (Å²) in [5.74, 6) is 0.500. The number of H-pyrrole nitrogens is 1. The van der Waals surface area contributed by atoms with Crippen molar-refractivity contribution < 1.29 is 4.79 Å². The van der Waals surface area contributed by atoms with Crippen LogP contribution in [0.4, 0.5) is 5.95 Å². The number of aryl methyl sites for hydroxylation is 1. The lowest BCUT2D eigenvalue weighted by molar-refractivity contribution is 0.102. The van der Waals surface area contributed by atoms with Crippen LogP contribution in [0.15, 0.2) is 22.7 Å². The summed E-state index contributed by atoms with van der Waals surface area (Å²) in [6, 6.07) is 5.12. The molecule has 0 saturated heterocycles. The van der Waals surface area contributed by atoms with Crippen LogP contribution in [0, 0.1) is 6.92 Å². The fraction of sp³-hybridized carbons (Fsp3) is 0.100. The van der Waals surface area contributed by atoms with E-state index >= 15 is 0 Å². The summed E-state index contributed by atoms with van der Waals surface area (Å²) >= 11 is 9.26. The van der Waals surface area contributed by atoms with Gasteiger partial charge in [0.1, 0.15) is 5.82 Å². The van der Waals surface area contributed by atoms with Gasteiger partial charge in [-0.1, -0.05) is 17.7 Å². The molecular weight excluding hydrogens is 307 g/mol. The van der Waals surface area contributed by atoms with Gasteiger partial charge in [-0.3, -0.25) is 15.2 Å². The average molecular weight is 316 g/mol. The highest BCUT2D eigenvalue weighted by Crippen LogP contribution is 2.26. The van der Waals surface area contributed by atoms with E-state index in [0.29, 0.717) is 20.9 Å². The molecule has 17 heavy (non-hydrogen) atoms. The number of halogens is 2. The van der Waals surface area contributed by atoms with Crippen LogP contribution in [0.2, 0.25) is 5.02 Å². The topological polar surface area (TPSA) is 70.7 Å². The zero-order valence-corrected chi connectivity index (χ0v) is 11.1. The molecule has 2 aromatic rings. The number of anilines is 1. The highest BCUT2D eigenvalue weighted by molar-refractivity contribution is 9.10. The van der Waals surface area contributed by atoms with Gasteiger partial charge in [-0.15, -0.1) is 5.10 Å². The van der Waals surface area contributed by atoms with E-state index < -0.39 is 0 Å². The molecule has 1 aromatic carbocycles. The number of rotatable bonds is 2. The smallest absolute Gasteiger partial charge is 0.259 e. The molecule has 88 valence electrons. The maximum Gasteiger partial charge on any atom is 0.259 e. The summed E-state index contributed by atoms with van der Waals surface area (Å²) in [5, 5.41) is 9.35. The molecule has 0 radical (unpaired) electrons. The Hall–Kier alpha value is -1.40. The van der Waals surface area contributed by atoms with E-state index in [2.05, 4.69) is 36.4 Å². The third-order valence-corrected chi connectivity index (χ3v) is 3.32. The molecule has 0 unspecified atom stereocenters. The van der Waals surface area contributed by atoms with Crippen LogP contribution in [-0.4, -0.2) is 21.1 Å². The fourth-order valence-electron chi connectivity index (χ4n) is 1.25. The van der Waals surface area contributed by atoms with Gasteiger partial charge in [-0.25, -0.2) is 0 Å². The second-order valence-electron chi connectivity index (χ2n) is 3.30. The van der Waals surface area contributed by atoms with E-state index in [4.69, 9.17) is 11.6 Å². The minimum Gasteiger partial charge on any atom is -0.289 e. The number of benzene rings is 1. The molecular formula is C10H8BrClN4O. The quantitative estimate of drug-likeness (QED) is 0.895. The van der Waals surface area contributed by atoms with Crippen LogP contribution in [0.5, 0.6) is 0 Å². The van der Waals surface area contributed by atoms with Crippen LogP contribution < -0.4 is 5.32 Å². The number of amides is 1. The Morgan fingerprint density at radius 2 is 2.29 bits per heavy atom. The van der Waals surface area contributed by atoms with Crippen molar-refractivity contribution in [3.05, 3.63) is 39.1 Å². The van der Waals surface area contributed by atoms with Crippen LogP contribution >= 0.6 is 27.5 Å². The van der Waals surface area contributed by atoms with Crippen LogP contribution in [-0.2, 0) is 0 Å². The number of nitrogens with one attached hydrogen (secondary N) is 2. The molecule has 0 aliphatic heterocycles. The number of aromatic nitrogens is 3. The molecule has 1 amide bonds. The van der Waals surface area contributed by atoms with E-state index in [-0.39, 0.29) is 11.9 Å². The maximum atomic E-state index is 11.9. The van der Waals surface area contributed by atoms with Gasteiger partial charge in [0.25, 0.3) is 5.91 Å². The standard InChI is InChI=1S/C10H8BrClN4O/c1-5-13-10(16-15-5)14-9(17)6-3-2-4-7(11)8(6)12/h2-4H,1H3,(H2,13,14,15,16,17). The van der Waals surface area contributed by atoms with Crippen LogP contribution in [0.3, 0.4) is 0 Å². The second kappa shape index (κ2) is 4.85. The molecule has 0 aliphatic carbocycles. The Balaban J connectivity index is 2.23. The number of hydrogen-bond donors (Lipinski definition) is 2. The lowest BCUT2D eigenvalue weighted by Gasteiger charge is -2.04. The largest absolute Gasteiger partial charge is 0.289 e. The fourth-order valence-corrected chi connectivity index (χ4v) is 1.82. The number of carbonyl (C=O) groups is 1. The summed E-state index contributed by atoms with van der Waals surface area (Å²) in [7, 11) is 0. The van der Waals surface area contributed by atoms with Gasteiger partial charge in [-0.2, -0.15) is 4.98 Å². The van der Waals surface area contributed by atoms with Crippen LogP contribution in [0.25, 0.3) is 0 Å². The minimum atomic E-state index is -0.352. The first kappa shape index (κ1) is 12.1. The van der Waals surface area contributed by atoms with Gasteiger partial charge < -0.3 is 0 Å². The Morgan fingerprint density at radius 3 is 2.94 bits per heavy atom. The maximum absolute atomic E-state index is 11.9. The first-order valence-electron chi connectivity index (χ1n) is 4.72. The average Bonchev–Trinajstić information content (AvgIpc) is 2.68. The van der Waals surface area contributed by atoms with Crippen LogP contribution in [0.1, 0.15) is 16.2 Å². The predicted octanol–water partition coefficient (Wildman–Crippen LogP) is 2.78. The second-order valence-corrected chi connectivity index (χ2v) is 4.53. The van der Waals surface area contributed by atoms with Crippen molar-refractivity contribution in [1.29, 1.82) is 0 Å². The lowest BCUT2D eigenvalue weighted by Crippen LogP contribution is -2.13. The van der Waals surface area contributed by atoms with Crippen molar-refractivity contribution in [3.63, 3.8) is 0 Å². The molecule has 5 nitrogen and oxygen atoms in total. The molecule has 2 rings (SSSR count). The van der Waals surface area contributed by atoms with E-state index in [0.717, 1.165) is 0 Å². The molecule has 7 heteroatoms. The van der Waals surface area contributed by atoms with Gasteiger partial charge in [0.05, 0.1) is 10.6 Å².